The molecule has 2 aliphatic rings. The van der Waals surface area contributed by atoms with Gasteiger partial charge in [0.1, 0.15) is 12.6 Å². The zero-order chi connectivity index (χ0) is 25.3. The topological polar surface area (TPSA) is 95.9 Å². The summed E-state index contributed by atoms with van der Waals surface area (Å²) < 4.78 is 5.66. The minimum Gasteiger partial charge on any atom is -0.481 e. The molecule has 2 amide bonds. The molecule has 1 aliphatic carbocycles. The van der Waals surface area contributed by atoms with Crippen LogP contribution in [0.15, 0.2) is 48.5 Å². The summed E-state index contributed by atoms with van der Waals surface area (Å²) in [6.07, 6.45) is -0.227. The highest BCUT2D eigenvalue weighted by atomic mass is 16.5. The summed E-state index contributed by atoms with van der Waals surface area (Å²) in [6.45, 7) is 8.52. The van der Waals surface area contributed by atoms with Crippen LogP contribution in [0.2, 0.25) is 0 Å². The summed E-state index contributed by atoms with van der Waals surface area (Å²) in [5.74, 6) is -1.96. The number of amides is 2. The van der Waals surface area contributed by atoms with Gasteiger partial charge in [-0.05, 0) is 40.0 Å². The van der Waals surface area contributed by atoms with Gasteiger partial charge in [-0.25, -0.2) is 4.79 Å². The van der Waals surface area contributed by atoms with Crippen molar-refractivity contribution < 1.29 is 24.2 Å². The Morgan fingerprint density at radius 3 is 2.11 bits per heavy atom. The molecule has 2 aromatic carbocycles. The number of nitrogens with zero attached hydrogens (tertiary/aromatic N) is 1. The van der Waals surface area contributed by atoms with Crippen molar-refractivity contribution in [3.8, 4) is 11.1 Å². The number of benzene rings is 2. The zero-order valence-corrected chi connectivity index (χ0v) is 20.8. The van der Waals surface area contributed by atoms with Crippen LogP contribution in [0, 0.1) is 17.3 Å². The van der Waals surface area contributed by atoms with Crippen molar-refractivity contribution in [3.63, 3.8) is 0 Å². The smallest absolute Gasteiger partial charge is 0.407 e. The van der Waals surface area contributed by atoms with E-state index in [1.165, 1.54) is 0 Å². The van der Waals surface area contributed by atoms with Gasteiger partial charge in [-0.1, -0.05) is 76.2 Å². The minimum absolute atomic E-state index is 0.0688. The second-order valence-corrected chi connectivity index (χ2v) is 11.0. The van der Waals surface area contributed by atoms with Gasteiger partial charge in [0.15, 0.2) is 0 Å². The lowest BCUT2D eigenvalue weighted by Gasteiger charge is -2.29. The van der Waals surface area contributed by atoms with Crippen LogP contribution in [0.4, 0.5) is 4.79 Å². The highest BCUT2D eigenvalue weighted by Crippen LogP contribution is 2.44. The van der Waals surface area contributed by atoms with Crippen molar-refractivity contribution in [1.82, 2.24) is 10.2 Å². The van der Waals surface area contributed by atoms with Crippen LogP contribution in [0.1, 0.15) is 51.2 Å². The van der Waals surface area contributed by atoms with E-state index in [1.807, 2.05) is 52.0 Å². The molecule has 0 aromatic heterocycles. The van der Waals surface area contributed by atoms with E-state index >= 15 is 0 Å². The Kier molecular flexibility index (Phi) is 6.88. The first kappa shape index (κ1) is 24.8. The quantitative estimate of drug-likeness (QED) is 0.637. The molecule has 3 unspecified atom stereocenters. The molecule has 1 fully saturated rings. The van der Waals surface area contributed by atoms with Crippen LogP contribution in [-0.2, 0) is 14.3 Å². The van der Waals surface area contributed by atoms with E-state index in [-0.39, 0.29) is 36.3 Å². The van der Waals surface area contributed by atoms with Gasteiger partial charge in [0.2, 0.25) is 5.91 Å². The third-order valence-electron chi connectivity index (χ3n) is 6.99. The van der Waals surface area contributed by atoms with E-state index in [0.717, 1.165) is 22.3 Å². The summed E-state index contributed by atoms with van der Waals surface area (Å²) in [4.78, 5) is 39.3. The zero-order valence-electron chi connectivity index (χ0n) is 20.8. The van der Waals surface area contributed by atoms with Gasteiger partial charge < -0.3 is 20.1 Å². The van der Waals surface area contributed by atoms with Crippen molar-refractivity contribution in [1.29, 1.82) is 0 Å². The van der Waals surface area contributed by atoms with Crippen LogP contribution < -0.4 is 5.32 Å². The monoisotopic (exact) mass is 478 g/mol. The first-order chi connectivity index (χ1) is 16.5. The Morgan fingerprint density at radius 1 is 1.03 bits per heavy atom. The fourth-order valence-electron chi connectivity index (χ4n) is 5.28. The van der Waals surface area contributed by atoms with Crippen LogP contribution in [0.5, 0.6) is 0 Å². The molecule has 35 heavy (non-hydrogen) atoms. The van der Waals surface area contributed by atoms with E-state index in [1.54, 1.807) is 4.90 Å². The van der Waals surface area contributed by atoms with E-state index in [0.29, 0.717) is 13.0 Å². The number of alkyl carbamates (subject to hydrolysis) is 1. The maximum Gasteiger partial charge on any atom is 0.407 e. The number of hydrogen-bond donors (Lipinski definition) is 2. The number of likely N-dealkylation sites (tertiary alicyclic amines) is 1. The summed E-state index contributed by atoms with van der Waals surface area (Å²) in [5.41, 5.74) is 4.31. The SMILES string of the molecule is CC1CN(C(=O)C(CC(C)(C)C)NC(=O)OCC2c3ccccc3-c3ccccc32)CC1C(=O)O. The molecule has 0 radical (unpaired) electrons. The Labute approximate surface area is 206 Å². The van der Waals surface area contributed by atoms with Crippen molar-refractivity contribution in [2.45, 2.75) is 46.1 Å². The molecule has 0 bridgehead atoms. The lowest BCUT2D eigenvalue weighted by molar-refractivity contribution is -0.142. The van der Waals surface area contributed by atoms with Gasteiger partial charge in [0.05, 0.1) is 5.92 Å². The maximum absolute atomic E-state index is 13.3. The number of carboxylic acid groups (broad SMARTS) is 1. The van der Waals surface area contributed by atoms with Crippen molar-refractivity contribution >= 4 is 18.0 Å². The maximum atomic E-state index is 13.3. The highest BCUT2D eigenvalue weighted by molar-refractivity contribution is 5.87. The summed E-state index contributed by atoms with van der Waals surface area (Å²) in [7, 11) is 0. The lowest BCUT2D eigenvalue weighted by Crippen LogP contribution is -2.50. The number of carbonyl (C=O) groups excluding carboxylic acids is 2. The summed E-state index contributed by atoms with van der Waals surface area (Å²) in [6, 6.07) is 15.5. The van der Waals surface area contributed by atoms with Gasteiger partial charge in [0.25, 0.3) is 0 Å². The predicted molar refractivity (Wildman–Crippen MR) is 133 cm³/mol. The Bertz CT molecular complexity index is 1080. The molecule has 1 saturated heterocycles. The van der Waals surface area contributed by atoms with Crippen LogP contribution in [0.25, 0.3) is 11.1 Å². The third kappa shape index (κ3) is 5.34. The third-order valence-corrected chi connectivity index (χ3v) is 6.99. The van der Waals surface area contributed by atoms with Crippen LogP contribution >= 0.6 is 0 Å². The number of carboxylic acids is 1. The number of aliphatic carboxylic acids is 1. The standard InChI is InChI=1S/C28H34N2O5/c1-17-14-30(15-22(17)26(32)33)25(31)24(13-28(2,3)4)29-27(34)35-16-23-20-11-7-5-9-18(20)19-10-6-8-12-21(19)23/h5-12,17,22-24H,13-16H2,1-4H3,(H,29,34)(H,32,33). The molecule has 0 spiro atoms. The van der Waals surface area contributed by atoms with Gasteiger partial charge in [-0.2, -0.15) is 0 Å². The van der Waals surface area contributed by atoms with Gasteiger partial charge >= 0.3 is 12.1 Å². The molecule has 3 atom stereocenters. The van der Waals surface area contributed by atoms with Gasteiger partial charge in [0, 0.05) is 19.0 Å². The second kappa shape index (κ2) is 9.72. The number of carbonyl (C=O) groups is 3. The van der Waals surface area contributed by atoms with Crippen LogP contribution in [0.3, 0.4) is 0 Å². The van der Waals surface area contributed by atoms with E-state index in [9.17, 15) is 19.5 Å². The molecule has 1 aliphatic heterocycles. The minimum atomic E-state index is -0.898. The number of rotatable bonds is 6. The van der Waals surface area contributed by atoms with E-state index in [4.69, 9.17) is 4.74 Å². The lowest BCUT2D eigenvalue weighted by atomic mass is 9.87. The normalized spacial score (nSPS) is 20.2. The highest BCUT2D eigenvalue weighted by Gasteiger charge is 2.40. The van der Waals surface area contributed by atoms with E-state index in [2.05, 4.69) is 29.6 Å². The Hall–Kier alpha value is -3.35. The van der Waals surface area contributed by atoms with E-state index < -0.39 is 24.0 Å². The molecule has 2 N–H and O–H groups in total. The molecule has 0 saturated carbocycles. The molecule has 1 heterocycles. The molecular formula is C28H34N2O5. The Morgan fingerprint density at radius 2 is 1.60 bits per heavy atom. The predicted octanol–water partition coefficient (Wildman–Crippen LogP) is 4.51. The molecule has 7 heteroatoms. The van der Waals surface area contributed by atoms with Gasteiger partial charge in [-0.3, -0.25) is 9.59 Å². The number of ether oxygens (including phenoxy) is 1. The number of hydrogen-bond acceptors (Lipinski definition) is 4. The fourth-order valence-corrected chi connectivity index (χ4v) is 5.28. The molecule has 2 aromatic rings. The van der Waals surface area contributed by atoms with Crippen molar-refractivity contribution in [2.75, 3.05) is 19.7 Å². The molecule has 7 nitrogen and oxygen atoms in total. The molecule has 186 valence electrons. The van der Waals surface area contributed by atoms with Crippen molar-refractivity contribution in [2.24, 2.45) is 17.3 Å². The first-order valence-corrected chi connectivity index (χ1v) is 12.2. The fraction of sp³-hybridized carbons (Fsp3) is 0.464. The molecular weight excluding hydrogens is 444 g/mol. The summed E-state index contributed by atoms with van der Waals surface area (Å²) in [5, 5.41) is 12.2. The number of nitrogens with one attached hydrogen (secondary N) is 1. The molecule has 4 rings (SSSR count). The summed E-state index contributed by atoms with van der Waals surface area (Å²) >= 11 is 0. The first-order valence-electron chi connectivity index (χ1n) is 12.2. The largest absolute Gasteiger partial charge is 0.481 e. The van der Waals surface area contributed by atoms with Crippen molar-refractivity contribution in [3.05, 3.63) is 59.7 Å². The van der Waals surface area contributed by atoms with Gasteiger partial charge in [-0.15, -0.1) is 0 Å². The Balaban J connectivity index is 1.45. The van der Waals surface area contributed by atoms with Crippen LogP contribution in [-0.4, -0.2) is 53.7 Å². The second-order valence-electron chi connectivity index (χ2n) is 11.0. The average Bonchev–Trinajstić information content (AvgIpc) is 3.34. The average molecular weight is 479 g/mol. The number of fused-ring (bicyclic) bond motifs is 3.